The van der Waals surface area contributed by atoms with E-state index in [4.69, 9.17) is 0 Å². The fourth-order valence-corrected chi connectivity index (χ4v) is 1.55. The van der Waals surface area contributed by atoms with Crippen LogP contribution in [0.25, 0.3) is 0 Å². The van der Waals surface area contributed by atoms with E-state index in [9.17, 15) is 0 Å². The monoisotopic (exact) mass is 205 g/mol. The second kappa shape index (κ2) is 5.57. The van der Waals surface area contributed by atoms with Crippen molar-refractivity contribution >= 4 is 0 Å². The molecular formula is C12H19N3. The van der Waals surface area contributed by atoms with Crippen LogP contribution >= 0.6 is 0 Å². The Morgan fingerprint density at radius 1 is 1.40 bits per heavy atom. The van der Waals surface area contributed by atoms with Gasteiger partial charge in [-0.25, -0.2) is 0 Å². The first kappa shape index (κ1) is 11.8. The molecule has 3 nitrogen and oxygen atoms in total. The zero-order chi connectivity index (χ0) is 11.3. The van der Waals surface area contributed by atoms with Crippen molar-refractivity contribution in [3.63, 3.8) is 0 Å². The fraction of sp³-hybridized carbons (Fsp3) is 0.583. The van der Waals surface area contributed by atoms with Crippen molar-refractivity contribution in [3.05, 3.63) is 17.0 Å². The number of hydrogen-bond donors (Lipinski definition) is 1. The first-order chi connectivity index (χ1) is 7.20. The summed E-state index contributed by atoms with van der Waals surface area (Å²) in [5.41, 5.74) is 3.62. The highest BCUT2D eigenvalue weighted by molar-refractivity contribution is 5.24. The summed E-state index contributed by atoms with van der Waals surface area (Å²) in [4.78, 5) is 0. The molecule has 1 rings (SSSR count). The second-order valence-electron chi connectivity index (χ2n) is 3.51. The van der Waals surface area contributed by atoms with Crippen molar-refractivity contribution < 1.29 is 0 Å². The van der Waals surface area contributed by atoms with Crippen molar-refractivity contribution in [2.24, 2.45) is 0 Å². The van der Waals surface area contributed by atoms with Gasteiger partial charge in [-0.2, -0.15) is 5.10 Å². The molecule has 0 amide bonds. The van der Waals surface area contributed by atoms with Gasteiger partial charge in [0.1, 0.15) is 6.54 Å². The SMILES string of the molecule is CC#CCn1nc(C)c(CNCC)c1C. The predicted octanol–water partition coefficient (Wildman–Crippen LogP) is 1.63. The third-order valence-corrected chi connectivity index (χ3v) is 2.49. The van der Waals surface area contributed by atoms with Crippen LogP contribution in [0.2, 0.25) is 0 Å². The molecule has 0 aliphatic carbocycles. The fourth-order valence-electron chi connectivity index (χ4n) is 1.55. The zero-order valence-corrected chi connectivity index (χ0v) is 10.0. The minimum absolute atomic E-state index is 0.690. The van der Waals surface area contributed by atoms with Gasteiger partial charge in [0, 0.05) is 17.8 Å². The number of aryl methyl sites for hydroxylation is 1. The van der Waals surface area contributed by atoms with E-state index >= 15 is 0 Å². The Hall–Kier alpha value is -1.27. The van der Waals surface area contributed by atoms with Crippen molar-refractivity contribution in [3.8, 4) is 11.8 Å². The maximum absolute atomic E-state index is 4.47. The highest BCUT2D eigenvalue weighted by atomic mass is 15.3. The molecular weight excluding hydrogens is 186 g/mol. The highest BCUT2D eigenvalue weighted by Gasteiger charge is 2.09. The Kier molecular flexibility index (Phi) is 4.38. The van der Waals surface area contributed by atoms with E-state index in [-0.39, 0.29) is 0 Å². The van der Waals surface area contributed by atoms with Crippen LogP contribution < -0.4 is 5.32 Å². The molecule has 0 saturated heterocycles. The first-order valence-electron chi connectivity index (χ1n) is 5.33. The lowest BCUT2D eigenvalue weighted by Crippen LogP contribution is -2.13. The summed E-state index contributed by atoms with van der Waals surface area (Å²) in [5, 5.41) is 7.80. The third kappa shape index (κ3) is 2.84. The number of rotatable bonds is 4. The minimum Gasteiger partial charge on any atom is -0.313 e. The molecule has 0 saturated carbocycles. The molecule has 0 bridgehead atoms. The summed E-state index contributed by atoms with van der Waals surface area (Å²) in [6.45, 7) is 10.7. The van der Waals surface area contributed by atoms with Gasteiger partial charge in [-0.1, -0.05) is 12.8 Å². The maximum atomic E-state index is 4.47. The van der Waals surface area contributed by atoms with Gasteiger partial charge in [0.15, 0.2) is 0 Å². The standard InChI is InChI=1S/C12H19N3/c1-5-7-8-15-11(4)12(9-13-6-2)10(3)14-15/h13H,6,8-9H2,1-4H3. The average Bonchev–Trinajstić information content (AvgIpc) is 2.49. The molecule has 15 heavy (non-hydrogen) atoms. The van der Waals surface area contributed by atoms with Crippen molar-refractivity contribution in [2.75, 3.05) is 6.54 Å². The quantitative estimate of drug-likeness (QED) is 0.757. The van der Waals surface area contributed by atoms with E-state index in [0.29, 0.717) is 6.54 Å². The van der Waals surface area contributed by atoms with Crippen LogP contribution in [0.1, 0.15) is 30.8 Å². The molecule has 1 heterocycles. The van der Waals surface area contributed by atoms with Crippen molar-refractivity contribution in [2.45, 2.75) is 40.8 Å². The lowest BCUT2D eigenvalue weighted by atomic mass is 10.2. The summed E-state index contributed by atoms with van der Waals surface area (Å²) >= 11 is 0. The number of nitrogens with zero attached hydrogens (tertiary/aromatic N) is 2. The first-order valence-corrected chi connectivity index (χ1v) is 5.33. The van der Waals surface area contributed by atoms with Gasteiger partial charge >= 0.3 is 0 Å². The normalized spacial score (nSPS) is 9.87. The van der Waals surface area contributed by atoms with Gasteiger partial charge < -0.3 is 5.32 Å². The van der Waals surface area contributed by atoms with E-state index in [2.05, 4.69) is 43.0 Å². The lowest BCUT2D eigenvalue weighted by molar-refractivity contribution is 0.678. The van der Waals surface area contributed by atoms with Crippen LogP contribution in [-0.2, 0) is 13.1 Å². The molecule has 0 unspecified atom stereocenters. The Labute approximate surface area is 91.9 Å². The topological polar surface area (TPSA) is 29.9 Å². The number of hydrogen-bond acceptors (Lipinski definition) is 2. The van der Waals surface area contributed by atoms with Crippen LogP contribution in [0.15, 0.2) is 0 Å². The Morgan fingerprint density at radius 2 is 2.13 bits per heavy atom. The van der Waals surface area contributed by atoms with Crippen LogP contribution in [0.3, 0.4) is 0 Å². The molecule has 3 heteroatoms. The summed E-state index contributed by atoms with van der Waals surface area (Å²) in [5.74, 6) is 5.92. The molecule has 0 radical (unpaired) electrons. The lowest BCUT2D eigenvalue weighted by Gasteiger charge is -2.02. The molecule has 0 aliphatic heterocycles. The number of aromatic nitrogens is 2. The average molecular weight is 205 g/mol. The summed E-state index contributed by atoms with van der Waals surface area (Å²) in [6.07, 6.45) is 0. The molecule has 0 fully saturated rings. The van der Waals surface area contributed by atoms with Gasteiger partial charge in [-0.15, -0.1) is 5.92 Å². The zero-order valence-electron chi connectivity index (χ0n) is 10.0. The van der Waals surface area contributed by atoms with Gasteiger partial charge in [-0.3, -0.25) is 4.68 Å². The van der Waals surface area contributed by atoms with E-state index in [1.807, 2.05) is 11.6 Å². The van der Waals surface area contributed by atoms with Crippen molar-refractivity contribution in [1.29, 1.82) is 0 Å². The molecule has 0 aliphatic rings. The van der Waals surface area contributed by atoms with Crippen LogP contribution in [0, 0.1) is 25.7 Å². The van der Waals surface area contributed by atoms with E-state index in [1.54, 1.807) is 0 Å². The van der Waals surface area contributed by atoms with Crippen LogP contribution in [0.4, 0.5) is 0 Å². The second-order valence-corrected chi connectivity index (χ2v) is 3.51. The minimum atomic E-state index is 0.690. The molecule has 0 spiro atoms. The maximum Gasteiger partial charge on any atom is 0.102 e. The van der Waals surface area contributed by atoms with Gasteiger partial charge in [0.2, 0.25) is 0 Å². The smallest absolute Gasteiger partial charge is 0.102 e. The third-order valence-electron chi connectivity index (χ3n) is 2.49. The summed E-state index contributed by atoms with van der Waals surface area (Å²) in [7, 11) is 0. The largest absolute Gasteiger partial charge is 0.313 e. The van der Waals surface area contributed by atoms with Gasteiger partial charge in [0.25, 0.3) is 0 Å². The summed E-state index contributed by atoms with van der Waals surface area (Å²) < 4.78 is 1.97. The van der Waals surface area contributed by atoms with Crippen LogP contribution in [-0.4, -0.2) is 16.3 Å². The van der Waals surface area contributed by atoms with E-state index in [0.717, 1.165) is 18.8 Å². The van der Waals surface area contributed by atoms with E-state index in [1.165, 1.54) is 11.3 Å². The molecule has 1 aromatic rings. The Bertz CT molecular complexity index is 380. The highest BCUT2D eigenvalue weighted by Crippen LogP contribution is 2.12. The Morgan fingerprint density at radius 3 is 2.73 bits per heavy atom. The molecule has 82 valence electrons. The van der Waals surface area contributed by atoms with Gasteiger partial charge in [-0.05, 0) is 27.3 Å². The summed E-state index contributed by atoms with van der Waals surface area (Å²) in [6, 6.07) is 0. The molecule has 0 aromatic carbocycles. The Balaban J connectivity index is 2.86. The van der Waals surface area contributed by atoms with Gasteiger partial charge in [0.05, 0.1) is 5.69 Å². The van der Waals surface area contributed by atoms with Crippen LogP contribution in [0.5, 0.6) is 0 Å². The molecule has 1 aromatic heterocycles. The van der Waals surface area contributed by atoms with E-state index < -0.39 is 0 Å². The van der Waals surface area contributed by atoms with Crippen molar-refractivity contribution in [1.82, 2.24) is 15.1 Å². The predicted molar refractivity (Wildman–Crippen MR) is 62.5 cm³/mol. The number of nitrogens with one attached hydrogen (secondary N) is 1. The molecule has 0 atom stereocenters. The molecule has 1 N–H and O–H groups in total.